The smallest absolute Gasteiger partial charge is 0.246 e. The molecule has 0 saturated heterocycles. The molecule has 3 N–H and O–H groups in total. The highest BCUT2D eigenvalue weighted by Crippen LogP contribution is 2.21. The Morgan fingerprint density at radius 2 is 1.29 bits per heavy atom. The van der Waals surface area contributed by atoms with Gasteiger partial charge in [0, 0.05) is 39.5 Å². The number of nitrogens with two attached hydrogens (primary N) is 1. The van der Waals surface area contributed by atoms with Crippen LogP contribution in [-0.4, -0.2) is 66.3 Å². The van der Waals surface area contributed by atoms with Gasteiger partial charge >= 0.3 is 0 Å². The van der Waals surface area contributed by atoms with Crippen molar-refractivity contribution in [2.75, 3.05) is 21.1 Å². The number of nitrogens with zero attached hydrogens (tertiary/aromatic N) is 2. The third-order valence-corrected chi connectivity index (χ3v) is 7.13. The second kappa shape index (κ2) is 14.4. The molecule has 0 bridgehead atoms. The summed E-state index contributed by atoms with van der Waals surface area (Å²) < 4.78 is 0. The predicted octanol–water partition coefficient (Wildman–Crippen LogP) is 4.22. The molecular weight excluding hydrogens is 512 g/mol. The van der Waals surface area contributed by atoms with Crippen LogP contribution in [0.3, 0.4) is 0 Å². The normalized spacial score (nSPS) is 12.9. The van der Waals surface area contributed by atoms with Crippen molar-refractivity contribution >= 4 is 17.7 Å². The number of hydrogen-bond acceptors (Lipinski definition) is 4. The van der Waals surface area contributed by atoms with Crippen LogP contribution in [-0.2, 0) is 27.2 Å². The van der Waals surface area contributed by atoms with Gasteiger partial charge in [0.2, 0.25) is 17.7 Å². The number of hydrogen-bond donors (Lipinski definition) is 2. The van der Waals surface area contributed by atoms with E-state index in [9.17, 15) is 14.4 Å². The molecule has 0 radical (unpaired) electrons. The van der Waals surface area contributed by atoms with Crippen molar-refractivity contribution in [2.24, 2.45) is 5.73 Å². The van der Waals surface area contributed by atoms with E-state index in [-0.39, 0.29) is 17.7 Å². The highest BCUT2D eigenvalue weighted by atomic mass is 16.2. The molecule has 0 aliphatic heterocycles. The maximum absolute atomic E-state index is 14.1. The van der Waals surface area contributed by atoms with Crippen molar-refractivity contribution < 1.29 is 14.4 Å². The monoisotopic (exact) mass is 554 g/mol. The van der Waals surface area contributed by atoms with Crippen LogP contribution in [0, 0.1) is 0 Å². The van der Waals surface area contributed by atoms with Gasteiger partial charge < -0.3 is 20.9 Å². The fourth-order valence-corrected chi connectivity index (χ4v) is 4.61. The van der Waals surface area contributed by atoms with E-state index >= 15 is 0 Å². The van der Waals surface area contributed by atoms with Crippen molar-refractivity contribution in [3.8, 4) is 11.1 Å². The molecule has 41 heavy (non-hydrogen) atoms. The van der Waals surface area contributed by atoms with Crippen LogP contribution in [0.4, 0.5) is 0 Å². The average molecular weight is 555 g/mol. The average Bonchev–Trinajstić information content (AvgIpc) is 2.97. The molecular formula is C34H42N4O3. The molecule has 0 unspecified atom stereocenters. The summed E-state index contributed by atoms with van der Waals surface area (Å²) in [5.41, 5.74) is 9.61. The number of rotatable bonds is 12. The van der Waals surface area contributed by atoms with Gasteiger partial charge in [-0.15, -0.1) is 0 Å². The van der Waals surface area contributed by atoms with Crippen LogP contribution < -0.4 is 11.1 Å². The highest BCUT2D eigenvalue weighted by molar-refractivity contribution is 5.95. The van der Waals surface area contributed by atoms with Crippen molar-refractivity contribution in [3.63, 3.8) is 0 Å². The zero-order valence-electron chi connectivity index (χ0n) is 24.7. The van der Waals surface area contributed by atoms with Crippen LogP contribution in [0.15, 0.2) is 97.1 Å². The van der Waals surface area contributed by atoms with E-state index in [1.165, 1.54) is 15.9 Å². The summed E-state index contributed by atoms with van der Waals surface area (Å²) in [7, 11) is 4.81. The molecule has 0 spiro atoms. The van der Waals surface area contributed by atoms with Crippen LogP contribution in [0.5, 0.6) is 0 Å². The lowest BCUT2D eigenvalue weighted by molar-refractivity contribution is -0.146. The third-order valence-electron chi connectivity index (χ3n) is 7.13. The van der Waals surface area contributed by atoms with E-state index in [4.69, 9.17) is 5.73 Å². The van der Waals surface area contributed by atoms with E-state index in [0.717, 1.165) is 22.3 Å². The summed E-state index contributed by atoms with van der Waals surface area (Å²) in [4.78, 5) is 43.2. The van der Waals surface area contributed by atoms with Gasteiger partial charge in [0.15, 0.2) is 0 Å². The molecule has 3 rings (SSSR count). The molecule has 0 saturated carbocycles. The number of carbonyl (C=O) groups is 3. The first kappa shape index (κ1) is 31.3. The van der Waals surface area contributed by atoms with Gasteiger partial charge in [0.25, 0.3) is 0 Å². The zero-order valence-corrected chi connectivity index (χ0v) is 24.7. The lowest BCUT2D eigenvalue weighted by Crippen LogP contribution is -2.55. The summed E-state index contributed by atoms with van der Waals surface area (Å²) in [6.07, 6.45) is 4.36. The Morgan fingerprint density at radius 1 is 0.780 bits per heavy atom. The van der Waals surface area contributed by atoms with Gasteiger partial charge in [-0.1, -0.05) is 91.0 Å². The predicted molar refractivity (Wildman–Crippen MR) is 165 cm³/mol. The second-order valence-electron chi connectivity index (χ2n) is 11.1. The molecule has 7 nitrogen and oxygen atoms in total. The largest absolute Gasteiger partial charge is 0.357 e. The molecule has 0 aliphatic carbocycles. The number of benzene rings is 3. The van der Waals surface area contributed by atoms with Gasteiger partial charge in [-0.25, -0.2) is 0 Å². The zero-order chi connectivity index (χ0) is 30.0. The minimum atomic E-state index is -0.825. The quantitative estimate of drug-likeness (QED) is 0.328. The van der Waals surface area contributed by atoms with Crippen molar-refractivity contribution in [3.05, 3.63) is 108 Å². The minimum absolute atomic E-state index is 0.269. The Hall–Kier alpha value is -4.23. The first-order chi connectivity index (χ1) is 19.5. The van der Waals surface area contributed by atoms with Gasteiger partial charge in [0.1, 0.15) is 12.1 Å². The van der Waals surface area contributed by atoms with E-state index < -0.39 is 17.6 Å². The molecule has 0 fully saturated rings. The van der Waals surface area contributed by atoms with Crippen molar-refractivity contribution in [1.29, 1.82) is 0 Å². The lowest BCUT2D eigenvalue weighted by Gasteiger charge is -2.34. The Morgan fingerprint density at radius 3 is 1.85 bits per heavy atom. The number of carbonyl (C=O) groups excluding carboxylic acids is 3. The molecule has 3 aromatic rings. The summed E-state index contributed by atoms with van der Waals surface area (Å²) in [6.45, 7) is 3.77. The Labute approximate surface area is 244 Å². The van der Waals surface area contributed by atoms with Gasteiger partial charge in [-0.2, -0.15) is 0 Å². The molecule has 7 heteroatoms. The van der Waals surface area contributed by atoms with Crippen molar-refractivity contribution in [1.82, 2.24) is 15.1 Å². The first-order valence-corrected chi connectivity index (χ1v) is 13.9. The Bertz CT molecular complexity index is 1320. The maximum atomic E-state index is 14.1. The van der Waals surface area contributed by atoms with Crippen LogP contribution in [0.25, 0.3) is 11.1 Å². The minimum Gasteiger partial charge on any atom is -0.357 e. The molecule has 3 aromatic carbocycles. The fourth-order valence-electron chi connectivity index (χ4n) is 4.61. The summed E-state index contributed by atoms with van der Waals surface area (Å²) in [5, 5.41) is 2.69. The molecule has 3 amide bonds. The number of amides is 3. The van der Waals surface area contributed by atoms with Crippen molar-refractivity contribution in [2.45, 2.75) is 50.7 Å². The van der Waals surface area contributed by atoms with Crippen LogP contribution >= 0.6 is 0 Å². The van der Waals surface area contributed by atoms with Crippen LogP contribution in [0.1, 0.15) is 31.4 Å². The Balaban J connectivity index is 1.90. The summed E-state index contributed by atoms with van der Waals surface area (Å²) >= 11 is 0. The topological polar surface area (TPSA) is 95.7 Å². The lowest BCUT2D eigenvalue weighted by atomic mass is 9.98. The molecule has 2 atom stereocenters. The second-order valence-corrected chi connectivity index (χ2v) is 11.1. The molecule has 0 aromatic heterocycles. The summed E-state index contributed by atoms with van der Waals surface area (Å²) in [5.74, 6) is -0.888. The van der Waals surface area contributed by atoms with E-state index in [0.29, 0.717) is 19.3 Å². The number of nitrogens with one attached hydrogen (secondary N) is 1. The van der Waals surface area contributed by atoms with E-state index in [1.807, 2.05) is 98.8 Å². The van der Waals surface area contributed by atoms with Crippen LogP contribution in [0.2, 0.25) is 0 Å². The first-order valence-electron chi connectivity index (χ1n) is 13.9. The maximum Gasteiger partial charge on any atom is 0.246 e. The summed E-state index contributed by atoms with van der Waals surface area (Å²) in [6, 6.07) is 26.1. The van der Waals surface area contributed by atoms with E-state index in [2.05, 4.69) is 5.32 Å². The number of likely N-dealkylation sites (N-methyl/N-ethyl adjacent to an activating group) is 3. The Kier molecular flexibility index (Phi) is 11.0. The van der Waals surface area contributed by atoms with Gasteiger partial charge in [-0.05, 0) is 48.6 Å². The fraction of sp³-hybridized carbons (Fsp3) is 0.324. The van der Waals surface area contributed by atoms with Gasteiger partial charge in [-0.3, -0.25) is 14.4 Å². The van der Waals surface area contributed by atoms with Gasteiger partial charge in [0.05, 0.1) is 0 Å². The standard InChI is InChI=1S/C34H42N4O3/c1-34(2,35)22-12-17-31(39)37(4)30(24-26-18-20-28(21-19-26)27-15-10-7-11-16-27)33(41)38(5)29(32(40)36-3)23-25-13-8-6-9-14-25/h6-21,29-30H,22-24,35H2,1-5H3,(H,36,40)/b17-12+/t29-,30-/m1/s1. The van der Waals surface area contributed by atoms with E-state index in [1.54, 1.807) is 27.2 Å². The molecule has 216 valence electrons. The SMILES string of the molecule is CNC(=O)[C@@H](Cc1ccccc1)N(C)C(=O)[C@@H](Cc1ccc(-c2ccccc2)cc1)N(C)C(=O)/C=C/CC(C)(C)N. The third kappa shape index (κ3) is 9.15. The highest BCUT2D eigenvalue weighted by Gasteiger charge is 2.34. The molecule has 0 heterocycles. The molecule has 0 aliphatic rings.